The number of nitrogens with one attached hydrogen (secondary N) is 1. The highest BCUT2D eigenvalue weighted by atomic mass is 16.5. The Labute approximate surface area is 161 Å². The predicted molar refractivity (Wildman–Crippen MR) is 101 cm³/mol. The SMILES string of the molecule is COCC(=O)N[C@]1(C)CCOC2(CCN(Cc3cccnc3C)CC2)[C@H]1O. The summed E-state index contributed by atoms with van der Waals surface area (Å²) in [6.07, 6.45) is 3.13. The molecule has 0 aliphatic carbocycles. The Morgan fingerprint density at radius 1 is 1.44 bits per heavy atom. The first kappa shape index (κ1) is 20.2. The number of nitrogens with zero attached hydrogens (tertiary/aromatic N) is 2. The number of aliphatic hydroxyl groups excluding tert-OH is 1. The van der Waals surface area contributed by atoms with Gasteiger partial charge in [0.15, 0.2) is 0 Å². The van der Waals surface area contributed by atoms with E-state index in [1.807, 2.05) is 26.1 Å². The molecule has 3 rings (SSSR count). The van der Waals surface area contributed by atoms with Crippen molar-refractivity contribution in [1.29, 1.82) is 0 Å². The van der Waals surface area contributed by atoms with E-state index < -0.39 is 17.2 Å². The van der Waals surface area contributed by atoms with Crippen LogP contribution >= 0.6 is 0 Å². The van der Waals surface area contributed by atoms with Crippen molar-refractivity contribution in [3.05, 3.63) is 29.6 Å². The van der Waals surface area contributed by atoms with Gasteiger partial charge in [-0.3, -0.25) is 14.7 Å². The summed E-state index contributed by atoms with van der Waals surface area (Å²) in [6.45, 7) is 7.00. The Balaban J connectivity index is 1.63. The lowest BCUT2D eigenvalue weighted by atomic mass is 9.73. The number of aromatic nitrogens is 1. The summed E-state index contributed by atoms with van der Waals surface area (Å²) in [5.74, 6) is -0.208. The maximum absolute atomic E-state index is 12.0. The molecule has 3 heterocycles. The molecule has 7 heteroatoms. The number of ether oxygens (including phenoxy) is 2. The number of rotatable bonds is 5. The lowest BCUT2D eigenvalue weighted by molar-refractivity contribution is -0.208. The van der Waals surface area contributed by atoms with Gasteiger partial charge in [0.05, 0.1) is 11.1 Å². The maximum atomic E-state index is 12.0. The van der Waals surface area contributed by atoms with Gasteiger partial charge in [-0.15, -0.1) is 0 Å². The van der Waals surface area contributed by atoms with E-state index in [4.69, 9.17) is 9.47 Å². The van der Waals surface area contributed by atoms with Crippen LogP contribution in [0.3, 0.4) is 0 Å². The van der Waals surface area contributed by atoms with Crippen molar-refractivity contribution in [3.63, 3.8) is 0 Å². The molecule has 2 atom stereocenters. The quantitative estimate of drug-likeness (QED) is 0.797. The van der Waals surface area contributed by atoms with Crippen molar-refractivity contribution in [2.24, 2.45) is 0 Å². The van der Waals surface area contributed by atoms with Gasteiger partial charge < -0.3 is 19.9 Å². The van der Waals surface area contributed by atoms with E-state index in [0.717, 1.165) is 38.2 Å². The molecule has 0 unspecified atom stereocenters. The maximum Gasteiger partial charge on any atom is 0.246 e. The fourth-order valence-corrected chi connectivity index (χ4v) is 4.31. The molecular formula is C20H31N3O4. The molecule has 7 nitrogen and oxygen atoms in total. The van der Waals surface area contributed by atoms with Gasteiger partial charge in [-0.25, -0.2) is 0 Å². The Morgan fingerprint density at radius 3 is 2.85 bits per heavy atom. The summed E-state index contributed by atoms with van der Waals surface area (Å²) in [7, 11) is 1.49. The first-order valence-electron chi connectivity index (χ1n) is 9.63. The minimum atomic E-state index is -0.748. The van der Waals surface area contributed by atoms with E-state index in [2.05, 4.69) is 21.3 Å². The predicted octanol–water partition coefficient (Wildman–Crippen LogP) is 1.03. The second-order valence-corrected chi connectivity index (χ2v) is 7.99. The van der Waals surface area contributed by atoms with Crippen molar-refractivity contribution in [1.82, 2.24) is 15.2 Å². The van der Waals surface area contributed by atoms with Crippen LogP contribution in [0.4, 0.5) is 0 Å². The van der Waals surface area contributed by atoms with Crippen LogP contribution in [-0.4, -0.2) is 71.6 Å². The number of amides is 1. The second kappa shape index (κ2) is 8.22. The van der Waals surface area contributed by atoms with Crippen LogP contribution < -0.4 is 5.32 Å². The standard InChI is InChI=1S/C20H31N3O4/c1-15-16(5-4-9-21-15)13-23-10-6-20(7-11-23)18(25)19(2,8-12-27-20)22-17(24)14-26-3/h4-5,9,18,25H,6-8,10-14H2,1-3H3,(H,22,24)/t18-,19+/m0/s1. The number of piperidine rings is 1. The van der Waals surface area contributed by atoms with Gasteiger partial charge in [-0.05, 0) is 44.7 Å². The van der Waals surface area contributed by atoms with Crippen molar-refractivity contribution in [3.8, 4) is 0 Å². The first-order valence-corrected chi connectivity index (χ1v) is 9.63. The molecule has 2 aliphatic rings. The van der Waals surface area contributed by atoms with E-state index in [-0.39, 0.29) is 12.5 Å². The second-order valence-electron chi connectivity index (χ2n) is 7.99. The molecular weight excluding hydrogens is 346 g/mol. The zero-order valence-electron chi connectivity index (χ0n) is 16.5. The molecule has 150 valence electrons. The zero-order chi connectivity index (χ0) is 19.5. The largest absolute Gasteiger partial charge is 0.388 e. The third kappa shape index (κ3) is 4.32. The van der Waals surface area contributed by atoms with E-state index >= 15 is 0 Å². The topological polar surface area (TPSA) is 83.9 Å². The summed E-state index contributed by atoms with van der Waals surface area (Å²) >= 11 is 0. The number of carbonyl (C=O) groups is 1. The molecule has 1 spiro atoms. The van der Waals surface area contributed by atoms with Gasteiger partial charge >= 0.3 is 0 Å². The molecule has 27 heavy (non-hydrogen) atoms. The number of likely N-dealkylation sites (tertiary alicyclic amines) is 1. The Bertz CT molecular complexity index is 660. The van der Waals surface area contributed by atoms with Gasteiger partial charge in [-0.2, -0.15) is 0 Å². The normalized spacial score (nSPS) is 28.2. The molecule has 0 saturated carbocycles. The van der Waals surface area contributed by atoms with E-state index in [1.165, 1.54) is 12.7 Å². The van der Waals surface area contributed by atoms with Crippen molar-refractivity contribution < 1.29 is 19.4 Å². The third-order valence-electron chi connectivity index (χ3n) is 6.03. The lowest BCUT2D eigenvalue weighted by Crippen LogP contribution is -2.69. The zero-order valence-corrected chi connectivity index (χ0v) is 16.5. The summed E-state index contributed by atoms with van der Waals surface area (Å²) in [5.41, 5.74) is 0.986. The fraction of sp³-hybridized carbons (Fsp3) is 0.700. The molecule has 2 aliphatic heterocycles. The van der Waals surface area contributed by atoms with E-state index in [0.29, 0.717) is 13.0 Å². The summed E-state index contributed by atoms with van der Waals surface area (Å²) in [5, 5.41) is 14.1. The fourth-order valence-electron chi connectivity index (χ4n) is 4.31. The lowest BCUT2D eigenvalue weighted by Gasteiger charge is -2.53. The minimum Gasteiger partial charge on any atom is -0.388 e. The molecule has 2 fully saturated rings. The van der Waals surface area contributed by atoms with Crippen LogP contribution in [0.25, 0.3) is 0 Å². The third-order valence-corrected chi connectivity index (χ3v) is 6.03. The van der Waals surface area contributed by atoms with E-state index in [9.17, 15) is 9.90 Å². The highest BCUT2D eigenvalue weighted by Gasteiger charge is 2.53. The number of carbonyl (C=O) groups excluding carboxylic acids is 1. The van der Waals surface area contributed by atoms with Gasteiger partial charge in [0.1, 0.15) is 12.7 Å². The Hall–Kier alpha value is -1.54. The van der Waals surface area contributed by atoms with Gasteiger partial charge in [0.25, 0.3) is 0 Å². The molecule has 0 radical (unpaired) electrons. The number of hydrogen-bond acceptors (Lipinski definition) is 6. The monoisotopic (exact) mass is 377 g/mol. The van der Waals surface area contributed by atoms with Crippen molar-refractivity contribution in [2.45, 2.75) is 56.9 Å². The van der Waals surface area contributed by atoms with Crippen LogP contribution in [0.1, 0.15) is 37.4 Å². The number of aryl methyl sites for hydroxylation is 1. The van der Waals surface area contributed by atoms with Crippen molar-refractivity contribution in [2.75, 3.05) is 33.4 Å². The average Bonchev–Trinajstić information content (AvgIpc) is 2.64. The minimum absolute atomic E-state index is 0.00555. The van der Waals surface area contributed by atoms with Crippen LogP contribution in [0.15, 0.2) is 18.3 Å². The number of pyridine rings is 1. The summed E-state index contributed by atoms with van der Waals surface area (Å²) < 4.78 is 11.0. The smallest absolute Gasteiger partial charge is 0.246 e. The van der Waals surface area contributed by atoms with Crippen LogP contribution in [-0.2, 0) is 20.8 Å². The van der Waals surface area contributed by atoms with Gasteiger partial charge in [0, 0.05) is 45.2 Å². The molecule has 0 aromatic carbocycles. The molecule has 2 saturated heterocycles. The molecule has 1 amide bonds. The first-order chi connectivity index (χ1) is 12.9. The van der Waals surface area contributed by atoms with Gasteiger partial charge in [0.2, 0.25) is 5.91 Å². The number of methoxy groups -OCH3 is 1. The summed E-state index contributed by atoms with van der Waals surface area (Å²) in [4.78, 5) is 18.8. The van der Waals surface area contributed by atoms with Crippen LogP contribution in [0.2, 0.25) is 0 Å². The number of aliphatic hydroxyl groups is 1. The molecule has 2 N–H and O–H groups in total. The average molecular weight is 377 g/mol. The van der Waals surface area contributed by atoms with E-state index in [1.54, 1.807) is 0 Å². The van der Waals surface area contributed by atoms with Crippen LogP contribution in [0, 0.1) is 6.92 Å². The Morgan fingerprint density at radius 2 is 2.19 bits per heavy atom. The molecule has 1 aromatic heterocycles. The van der Waals surface area contributed by atoms with Gasteiger partial charge in [-0.1, -0.05) is 6.07 Å². The molecule has 1 aromatic rings. The summed E-state index contributed by atoms with van der Waals surface area (Å²) in [6, 6.07) is 4.08. The Kier molecular flexibility index (Phi) is 6.15. The highest BCUT2D eigenvalue weighted by molar-refractivity contribution is 5.78. The van der Waals surface area contributed by atoms with Crippen LogP contribution in [0.5, 0.6) is 0 Å². The van der Waals surface area contributed by atoms with Crippen molar-refractivity contribution >= 4 is 5.91 Å². The number of hydrogen-bond donors (Lipinski definition) is 2. The highest BCUT2D eigenvalue weighted by Crippen LogP contribution is 2.40. The molecule has 0 bridgehead atoms.